The van der Waals surface area contributed by atoms with Crippen molar-refractivity contribution < 1.29 is 9.53 Å². The van der Waals surface area contributed by atoms with Crippen LogP contribution in [0.4, 0.5) is 11.4 Å². The predicted molar refractivity (Wildman–Crippen MR) is 101 cm³/mol. The number of hydrogen-bond acceptors (Lipinski definition) is 4. The Morgan fingerprint density at radius 2 is 1.83 bits per heavy atom. The van der Waals surface area contributed by atoms with E-state index in [9.17, 15) is 4.79 Å². The summed E-state index contributed by atoms with van der Waals surface area (Å²) in [5.74, 6) is 0.680. The molecule has 6 heteroatoms. The van der Waals surface area contributed by atoms with Crippen LogP contribution in [0.5, 0.6) is 5.75 Å². The number of nitrogens with one attached hydrogen (secondary N) is 2. The van der Waals surface area contributed by atoms with Crippen molar-refractivity contribution in [2.45, 2.75) is 19.4 Å². The highest BCUT2D eigenvalue weighted by Crippen LogP contribution is 2.22. The molecule has 0 heterocycles. The summed E-state index contributed by atoms with van der Waals surface area (Å²) >= 11 is 0. The standard InChI is InChI=1S/C18H23N3O2.ClH/c1-13(19)11-12-20-18(22)16-5-3-4-6-17(16)21-14-7-9-15(23-2)10-8-14;/h3-10,13,21H,11-12,19H2,1-2H3,(H,20,22);1H. The fourth-order valence-corrected chi connectivity index (χ4v) is 2.13. The van der Waals surface area contributed by atoms with E-state index in [1.165, 1.54) is 0 Å². The molecular formula is C18H24ClN3O2. The highest BCUT2D eigenvalue weighted by molar-refractivity contribution is 6.00. The van der Waals surface area contributed by atoms with Gasteiger partial charge in [0, 0.05) is 18.3 Å². The summed E-state index contributed by atoms with van der Waals surface area (Å²) in [4.78, 5) is 12.3. The average Bonchev–Trinajstić information content (AvgIpc) is 2.55. The first-order valence-corrected chi connectivity index (χ1v) is 7.64. The van der Waals surface area contributed by atoms with Gasteiger partial charge in [0.15, 0.2) is 0 Å². The summed E-state index contributed by atoms with van der Waals surface area (Å²) in [5.41, 5.74) is 7.95. The second-order valence-corrected chi connectivity index (χ2v) is 5.42. The van der Waals surface area contributed by atoms with Crippen molar-refractivity contribution in [3.63, 3.8) is 0 Å². The fraction of sp³-hybridized carbons (Fsp3) is 0.278. The molecule has 24 heavy (non-hydrogen) atoms. The van der Waals surface area contributed by atoms with Crippen LogP contribution in [0.3, 0.4) is 0 Å². The van der Waals surface area contributed by atoms with E-state index in [2.05, 4.69) is 10.6 Å². The third-order valence-electron chi connectivity index (χ3n) is 3.43. The molecule has 0 aliphatic heterocycles. The molecule has 0 aliphatic rings. The van der Waals surface area contributed by atoms with Crippen LogP contribution < -0.4 is 21.1 Å². The summed E-state index contributed by atoms with van der Waals surface area (Å²) in [5, 5.41) is 6.16. The van der Waals surface area contributed by atoms with Crippen molar-refractivity contribution in [2.24, 2.45) is 5.73 Å². The van der Waals surface area contributed by atoms with Gasteiger partial charge in [0.2, 0.25) is 0 Å². The van der Waals surface area contributed by atoms with E-state index in [0.29, 0.717) is 12.1 Å². The van der Waals surface area contributed by atoms with E-state index in [1.807, 2.05) is 49.4 Å². The van der Waals surface area contributed by atoms with Gasteiger partial charge >= 0.3 is 0 Å². The molecule has 0 spiro atoms. The van der Waals surface area contributed by atoms with Crippen molar-refractivity contribution in [3.05, 3.63) is 54.1 Å². The molecule has 0 saturated carbocycles. The van der Waals surface area contributed by atoms with Crippen LogP contribution >= 0.6 is 12.4 Å². The zero-order valence-corrected chi connectivity index (χ0v) is 14.7. The Balaban J connectivity index is 0.00000288. The van der Waals surface area contributed by atoms with Gasteiger partial charge in [0.1, 0.15) is 5.75 Å². The largest absolute Gasteiger partial charge is 0.497 e. The lowest BCUT2D eigenvalue weighted by Crippen LogP contribution is -2.29. The van der Waals surface area contributed by atoms with Gasteiger partial charge in [-0.05, 0) is 49.7 Å². The van der Waals surface area contributed by atoms with Crippen LogP contribution in [0.25, 0.3) is 0 Å². The van der Waals surface area contributed by atoms with E-state index in [1.54, 1.807) is 13.2 Å². The number of halogens is 1. The molecule has 1 amide bonds. The van der Waals surface area contributed by atoms with Gasteiger partial charge in [-0.25, -0.2) is 0 Å². The van der Waals surface area contributed by atoms with Crippen molar-refractivity contribution in [2.75, 3.05) is 19.0 Å². The van der Waals surface area contributed by atoms with E-state index >= 15 is 0 Å². The lowest BCUT2D eigenvalue weighted by molar-refractivity contribution is 0.0953. The number of anilines is 2. The maximum atomic E-state index is 12.3. The van der Waals surface area contributed by atoms with Gasteiger partial charge < -0.3 is 21.1 Å². The molecule has 0 bridgehead atoms. The number of nitrogens with two attached hydrogens (primary N) is 1. The number of methoxy groups -OCH3 is 1. The predicted octanol–water partition coefficient (Wildman–Crippen LogP) is 3.33. The molecule has 130 valence electrons. The minimum atomic E-state index is -0.109. The molecule has 0 aromatic heterocycles. The first-order valence-electron chi connectivity index (χ1n) is 7.64. The fourth-order valence-electron chi connectivity index (χ4n) is 2.13. The zero-order chi connectivity index (χ0) is 16.7. The quantitative estimate of drug-likeness (QED) is 0.716. The number of ether oxygens (including phenoxy) is 1. The highest BCUT2D eigenvalue weighted by atomic mass is 35.5. The van der Waals surface area contributed by atoms with Crippen LogP contribution in [0, 0.1) is 0 Å². The Labute approximate surface area is 149 Å². The molecule has 1 unspecified atom stereocenters. The van der Waals surface area contributed by atoms with Gasteiger partial charge in [-0.3, -0.25) is 4.79 Å². The van der Waals surface area contributed by atoms with Crippen molar-refractivity contribution in [1.29, 1.82) is 0 Å². The molecular weight excluding hydrogens is 326 g/mol. The molecule has 1 atom stereocenters. The number of amides is 1. The summed E-state index contributed by atoms with van der Waals surface area (Å²) < 4.78 is 5.14. The smallest absolute Gasteiger partial charge is 0.253 e. The van der Waals surface area contributed by atoms with Gasteiger partial charge in [0.05, 0.1) is 18.4 Å². The third kappa shape index (κ3) is 5.76. The second-order valence-electron chi connectivity index (χ2n) is 5.42. The summed E-state index contributed by atoms with van der Waals surface area (Å²) in [7, 11) is 1.63. The third-order valence-corrected chi connectivity index (χ3v) is 3.43. The first-order chi connectivity index (χ1) is 11.1. The molecule has 4 N–H and O–H groups in total. The lowest BCUT2D eigenvalue weighted by atomic mass is 10.1. The maximum Gasteiger partial charge on any atom is 0.253 e. The van der Waals surface area contributed by atoms with Crippen molar-refractivity contribution in [1.82, 2.24) is 5.32 Å². The number of carbonyl (C=O) groups is 1. The van der Waals surface area contributed by atoms with E-state index in [0.717, 1.165) is 23.5 Å². The van der Waals surface area contributed by atoms with Crippen LogP contribution in [-0.2, 0) is 0 Å². The van der Waals surface area contributed by atoms with Gasteiger partial charge in [0.25, 0.3) is 5.91 Å². The minimum absolute atomic E-state index is 0. The molecule has 0 saturated heterocycles. The second kappa shape index (κ2) is 9.80. The Bertz CT molecular complexity index is 645. The Kier molecular flexibility index (Phi) is 8.09. The van der Waals surface area contributed by atoms with E-state index in [-0.39, 0.29) is 24.4 Å². The van der Waals surface area contributed by atoms with Crippen LogP contribution in [0.2, 0.25) is 0 Å². The Morgan fingerprint density at radius 3 is 2.46 bits per heavy atom. The topological polar surface area (TPSA) is 76.4 Å². The lowest BCUT2D eigenvalue weighted by Gasteiger charge is -2.13. The Hall–Kier alpha value is -2.24. The average molecular weight is 350 g/mol. The van der Waals surface area contributed by atoms with E-state index in [4.69, 9.17) is 10.5 Å². The molecule has 2 aromatic rings. The van der Waals surface area contributed by atoms with Gasteiger partial charge in [-0.1, -0.05) is 12.1 Å². The molecule has 2 aromatic carbocycles. The molecule has 0 aliphatic carbocycles. The molecule has 0 fully saturated rings. The normalized spacial score (nSPS) is 11.1. The van der Waals surface area contributed by atoms with Crippen LogP contribution in [-0.4, -0.2) is 25.6 Å². The molecule has 0 radical (unpaired) electrons. The van der Waals surface area contributed by atoms with Gasteiger partial charge in [-0.2, -0.15) is 0 Å². The van der Waals surface area contributed by atoms with Crippen molar-refractivity contribution >= 4 is 29.7 Å². The summed E-state index contributed by atoms with van der Waals surface area (Å²) in [6, 6.07) is 15.0. The molecule has 2 rings (SSSR count). The number of benzene rings is 2. The monoisotopic (exact) mass is 349 g/mol. The summed E-state index contributed by atoms with van der Waals surface area (Å²) in [6.07, 6.45) is 0.750. The number of rotatable bonds is 7. The first kappa shape index (κ1) is 19.8. The summed E-state index contributed by atoms with van der Waals surface area (Å²) in [6.45, 7) is 2.48. The van der Waals surface area contributed by atoms with Gasteiger partial charge in [-0.15, -0.1) is 12.4 Å². The number of carbonyl (C=O) groups excluding carboxylic acids is 1. The molecule has 5 nitrogen and oxygen atoms in total. The maximum absolute atomic E-state index is 12.3. The number of para-hydroxylation sites is 1. The SMILES string of the molecule is COc1ccc(Nc2ccccc2C(=O)NCCC(C)N)cc1.Cl. The minimum Gasteiger partial charge on any atom is -0.497 e. The number of hydrogen-bond donors (Lipinski definition) is 3. The van der Waals surface area contributed by atoms with Crippen molar-refractivity contribution in [3.8, 4) is 5.75 Å². The Morgan fingerprint density at radius 1 is 1.17 bits per heavy atom. The van der Waals surface area contributed by atoms with E-state index < -0.39 is 0 Å². The highest BCUT2D eigenvalue weighted by Gasteiger charge is 2.11. The van der Waals surface area contributed by atoms with Crippen LogP contribution in [0.15, 0.2) is 48.5 Å². The zero-order valence-electron chi connectivity index (χ0n) is 13.9. The van der Waals surface area contributed by atoms with Crippen LogP contribution in [0.1, 0.15) is 23.7 Å².